The zero-order valence-corrected chi connectivity index (χ0v) is 10.2. The van der Waals surface area contributed by atoms with E-state index in [1.165, 1.54) is 0 Å². The molecule has 0 spiro atoms. The Morgan fingerprint density at radius 1 is 1.16 bits per heavy atom. The third kappa shape index (κ3) is 1.95. The van der Waals surface area contributed by atoms with Gasteiger partial charge in [-0.3, -0.25) is 19.7 Å². The van der Waals surface area contributed by atoms with Crippen LogP contribution >= 0.6 is 0 Å². The van der Waals surface area contributed by atoms with Crippen LogP contribution in [0.1, 0.15) is 28.8 Å². The number of hydrogen-bond acceptors (Lipinski definition) is 4. The van der Waals surface area contributed by atoms with Gasteiger partial charge in [0.2, 0.25) is 11.8 Å². The number of benzene rings is 1. The zero-order valence-electron chi connectivity index (χ0n) is 10.2. The molecule has 0 atom stereocenters. The fraction of sp³-hybridized carbons (Fsp3) is 0.308. The first-order chi connectivity index (χ1) is 9.04. The average molecular weight is 259 g/mol. The molecule has 3 N–H and O–H groups in total. The number of carbonyl (C=O) groups excluding carboxylic acids is 3. The van der Waals surface area contributed by atoms with Crippen molar-refractivity contribution in [1.82, 2.24) is 10.2 Å². The van der Waals surface area contributed by atoms with E-state index in [0.29, 0.717) is 17.8 Å². The van der Waals surface area contributed by atoms with Crippen molar-refractivity contribution in [3.8, 4) is 0 Å². The van der Waals surface area contributed by atoms with Gasteiger partial charge in [0.25, 0.3) is 5.91 Å². The number of nitrogens with zero attached hydrogens (tertiary/aromatic N) is 1. The van der Waals surface area contributed by atoms with Crippen LogP contribution in [0.5, 0.6) is 0 Å². The SMILES string of the molecule is Nc1ccc2c(c1)C(=O)N(C1CC(=O)NC(=O)C1)C2. The molecule has 2 aliphatic rings. The summed E-state index contributed by atoms with van der Waals surface area (Å²) in [5.74, 6) is -0.816. The fourth-order valence-electron chi connectivity index (χ4n) is 2.61. The van der Waals surface area contributed by atoms with E-state index in [-0.39, 0.29) is 36.6 Å². The van der Waals surface area contributed by atoms with Crippen molar-refractivity contribution in [2.45, 2.75) is 25.4 Å². The van der Waals surface area contributed by atoms with E-state index in [9.17, 15) is 14.4 Å². The average Bonchev–Trinajstić information content (AvgIpc) is 2.66. The normalized spacial score (nSPS) is 19.6. The number of nitrogen functional groups attached to an aromatic ring is 1. The fourth-order valence-corrected chi connectivity index (χ4v) is 2.61. The monoisotopic (exact) mass is 259 g/mol. The van der Waals surface area contributed by atoms with Crippen LogP contribution in [-0.2, 0) is 16.1 Å². The Morgan fingerprint density at radius 3 is 2.53 bits per heavy atom. The second-order valence-electron chi connectivity index (χ2n) is 4.88. The minimum atomic E-state index is -0.359. The standard InChI is InChI=1S/C13H13N3O3/c14-8-2-1-7-6-16(13(19)10(7)3-8)9-4-11(17)15-12(18)5-9/h1-3,9H,4-6,14H2,(H,15,17,18). The molecule has 6 nitrogen and oxygen atoms in total. The summed E-state index contributed by atoms with van der Waals surface area (Å²) >= 11 is 0. The number of piperidine rings is 1. The molecule has 0 unspecified atom stereocenters. The van der Waals surface area contributed by atoms with E-state index in [2.05, 4.69) is 5.32 Å². The highest BCUT2D eigenvalue weighted by molar-refractivity contribution is 6.02. The molecule has 2 heterocycles. The van der Waals surface area contributed by atoms with Crippen molar-refractivity contribution >= 4 is 23.4 Å². The second kappa shape index (κ2) is 4.08. The van der Waals surface area contributed by atoms with E-state index in [4.69, 9.17) is 5.73 Å². The van der Waals surface area contributed by atoms with Gasteiger partial charge in [-0.2, -0.15) is 0 Å². The molecule has 1 aromatic carbocycles. The van der Waals surface area contributed by atoms with Crippen LogP contribution in [0.2, 0.25) is 0 Å². The lowest BCUT2D eigenvalue weighted by Crippen LogP contribution is -2.48. The van der Waals surface area contributed by atoms with Gasteiger partial charge in [0, 0.05) is 36.7 Å². The first-order valence-corrected chi connectivity index (χ1v) is 6.06. The van der Waals surface area contributed by atoms with E-state index < -0.39 is 0 Å². The van der Waals surface area contributed by atoms with Gasteiger partial charge in [0.15, 0.2) is 0 Å². The summed E-state index contributed by atoms with van der Waals surface area (Å²) in [5.41, 5.74) is 7.66. The molecule has 98 valence electrons. The maximum atomic E-state index is 12.3. The van der Waals surface area contributed by atoms with Crippen molar-refractivity contribution < 1.29 is 14.4 Å². The molecule has 0 aromatic heterocycles. The lowest BCUT2D eigenvalue weighted by molar-refractivity contribution is -0.135. The van der Waals surface area contributed by atoms with Crippen molar-refractivity contribution in [1.29, 1.82) is 0 Å². The summed E-state index contributed by atoms with van der Waals surface area (Å²) < 4.78 is 0. The molecular weight excluding hydrogens is 246 g/mol. The van der Waals surface area contributed by atoms with Crippen molar-refractivity contribution in [3.05, 3.63) is 29.3 Å². The van der Waals surface area contributed by atoms with Gasteiger partial charge in [-0.1, -0.05) is 6.07 Å². The zero-order chi connectivity index (χ0) is 13.6. The topological polar surface area (TPSA) is 92.5 Å². The maximum absolute atomic E-state index is 12.3. The van der Waals surface area contributed by atoms with Gasteiger partial charge in [-0.25, -0.2) is 0 Å². The highest BCUT2D eigenvalue weighted by Gasteiger charge is 2.37. The number of anilines is 1. The summed E-state index contributed by atoms with van der Waals surface area (Å²) in [7, 11) is 0. The molecule has 1 fully saturated rings. The lowest BCUT2D eigenvalue weighted by Gasteiger charge is -2.29. The molecule has 0 radical (unpaired) electrons. The first-order valence-electron chi connectivity index (χ1n) is 6.06. The summed E-state index contributed by atoms with van der Waals surface area (Å²) in [6.07, 6.45) is 0.335. The van der Waals surface area contributed by atoms with Crippen LogP contribution in [0, 0.1) is 0 Å². The molecule has 6 heteroatoms. The van der Waals surface area contributed by atoms with Crippen LogP contribution in [0.3, 0.4) is 0 Å². The Hall–Kier alpha value is -2.37. The van der Waals surface area contributed by atoms with Crippen molar-refractivity contribution in [2.75, 3.05) is 5.73 Å². The molecule has 2 aliphatic heterocycles. The van der Waals surface area contributed by atoms with E-state index in [1.54, 1.807) is 17.0 Å². The minimum absolute atomic E-state index is 0.158. The molecule has 3 amide bonds. The third-order valence-electron chi connectivity index (χ3n) is 3.53. The number of fused-ring (bicyclic) bond motifs is 1. The highest BCUT2D eigenvalue weighted by atomic mass is 16.2. The number of nitrogens with one attached hydrogen (secondary N) is 1. The van der Waals surface area contributed by atoms with E-state index >= 15 is 0 Å². The smallest absolute Gasteiger partial charge is 0.254 e. The van der Waals surface area contributed by atoms with Gasteiger partial charge in [-0.05, 0) is 17.7 Å². The number of carbonyl (C=O) groups is 3. The molecule has 19 heavy (non-hydrogen) atoms. The maximum Gasteiger partial charge on any atom is 0.254 e. The Balaban J connectivity index is 1.87. The Bertz CT molecular complexity index is 581. The predicted octanol–water partition coefficient (Wildman–Crippen LogP) is 0.0298. The molecule has 0 bridgehead atoms. The number of imide groups is 1. The quantitative estimate of drug-likeness (QED) is 0.549. The number of hydrogen-bond donors (Lipinski definition) is 2. The van der Waals surface area contributed by atoms with Crippen LogP contribution < -0.4 is 11.1 Å². The molecule has 0 saturated carbocycles. The van der Waals surface area contributed by atoms with Crippen LogP contribution in [0.25, 0.3) is 0 Å². The van der Waals surface area contributed by atoms with Gasteiger partial charge in [0.05, 0.1) is 0 Å². The van der Waals surface area contributed by atoms with Crippen LogP contribution in [0.4, 0.5) is 5.69 Å². The summed E-state index contributed by atoms with van der Waals surface area (Å²) in [5, 5.41) is 2.24. The molecule has 0 aliphatic carbocycles. The van der Waals surface area contributed by atoms with Crippen LogP contribution in [-0.4, -0.2) is 28.7 Å². The predicted molar refractivity (Wildman–Crippen MR) is 66.9 cm³/mol. The van der Waals surface area contributed by atoms with E-state index in [0.717, 1.165) is 5.56 Å². The minimum Gasteiger partial charge on any atom is -0.399 e. The Morgan fingerprint density at radius 2 is 1.84 bits per heavy atom. The Kier molecular flexibility index (Phi) is 2.51. The van der Waals surface area contributed by atoms with Gasteiger partial charge < -0.3 is 10.6 Å². The largest absolute Gasteiger partial charge is 0.399 e. The van der Waals surface area contributed by atoms with Gasteiger partial charge >= 0.3 is 0 Å². The van der Waals surface area contributed by atoms with Crippen molar-refractivity contribution in [2.24, 2.45) is 0 Å². The molecule has 1 saturated heterocycles. The van der Waals surface area contributed by atoms with Gasteiger partial charge in [0.1, 0.15) is 0 Å². The first kappa shape index (κ1) is 11.7. The second-order valence-corrected chi connectivity index (χ2v) is 4.88. The van der Waals surface area contributed by atoms with Crippen molar-refractivity contribution in [3.63, 3.8) is 0 Å². The molecule has 3 rings (SSSR count). The molecular formula is C13H13N3O3. The van der Waals surface area contributed by atoms with Crippen LogP contribution in [0.15, 0.2) is 18.2 Å². The lowest BCUT2D eigenvalue weighted by atomic mass is 10.0. The summed E-state index contributed by atoms with van der Waals surface area (Å²) in [6.45, 7) is 0.430. The highest BCUT2D eigenvalue weighted by Crippen LogP contribution is 2.29. The Labute approximate surface area is 109 Å². The number of amides is 3. The van der Waals surface area contributed by atoms with Gasteiger partial charge in [-0.15, -0.1) is 0 Å². The molecule has 1 aromatic rings. The number of rotatable bonds is 1. The summed E-state index contributed by atoms with van der Waals surface area (Å²) in [6, 6.07) is 4.84. The third-order valence-corrected chi connectivity index (χ3v) is 3.53. The number of nitrogens with two attached hydrogens (primary N) is 1. The summed E-state index contributed by atoms with van der Waals surface area (Å²) in [4.78, 5) is 36.6. The van der Waals surface area contributed by atoms with E-state index in [1.807, 2.05) is 6.07 Å².